The monoisotopic (exact) mass is 287 g/mol. The first-order valence-electron chi connectivity index (χ1n) is 4.86. The van der Waals surface area contributed by atoms with Crippen molar-refractivity contribution < 1.29 is 9.13 Å². The lowest BCUT2D eigenvalue weighted by molar-refractivity contribution is 0.459. The maximum absolute atomic E-state index is 13.0. The molecule has 2 rings (SSSR count). The molecule has 0 saturated heterocycles. The summed E-state index contributed by atoms with van der Waals surface area (Å²) in [5.41, 5.74) is 2.30. The summed E-state index contributed by atoms with van der Waals surface area (Å²) in [6.45, 7) is 0. The van der Waals surface area contributed by atoms with Crippen molar-refractivity contribution in [1.82, 2.24) is 4.98 Å². The lowest BCUT2D eigenvalue weighted by Crippen LogP contribution is -2.09. The van der Waals surface area contributed by atoms with Crippen LogP contribution >= 0.6 is 23.2 Å². The first kappa shape index (κ1) is 12.9. The molecule has 94 valence electrons. The van der Waals surface area contributed by atoms with E-state index in [1.807, 2.05) is 0 Å². The fourth-order valence-corrected chi connectivity index (χ4v) is 1.72. The Hall–Kier alpha value is -1.56. The van der Waals surface area contributed by atoms with Crippen LogP contribution in [0, 0.1) is 5.82 Å². The molecule has 0 spiro atoms. The molecule has 1 aromatic carbocycles. The van der Waals surface area contributed by atoms with Crippen LogP contribution in [-0.4, -0.2) is 4.98 Å². The molecule has 0 aliphatic rings. The first-order chi connectivity index (χ1) is 8.60. The minimum absolute atomic E-state index is 0.0830. The van der Waals surface area contributed by atoms with Gasteiger partial charge in [-0.1, -0.05) is 29.3 Å². The Balaban J connectivity index is 2.34. The molecule has 0 aliphatic heterocycles. The van der Waals surface area contributed by atoms with Crippen molar-refractivity contribution in [2.24, 2.45) is 5.84 Å². The molecule has 4 nitrogen and oxygen atoms in total. The molecule has 18 heavy (non-hydrogen) atoms. The smallest absolute Gasteiger partial charge is 0.240 e. The molecule has 2 aromatic rings. The molecule has 0 bridgehead atoms. The van der Waals surface area contributed by atoms with Crippen LogP contribution in [0.5, 0.6) is 11.6 Å². The van der Waals surface area contributed by atoms with E-state index < -0.39 is 5.82 Å². The van der Waals surface area contributed by atoms with Crippen molar-refractivity contribution in [3.8, 4) is 11.6 Å². The van der Waals surface area contributed by atoms with Gasteiger partial charge in [0.25, 0.3) is 0 Å². The number of hydrogen-bond donors (Lipinski definition) is 2. The van der Waals surface area contributed by atoms with Gasteiger partial charge in [-0.05, 0) is 18.2 Å². The van der Waals surface area contributed by atoms with Crippen molar-refractivity contribution in [1.29, 1.82) is 0 Å². The quantitative estimate of drug-likeness (QED) is 0.669. The highest BCUT2D eigenvalue weighted by molar-refractivity contribution is 6.36. The average molecular weight is 288 g/mol. The average Bonchev–Trinajstić information content (AvgIpc) is 2.33. The van der Waals surface area contributed by atoms with Crippen molar-refractivity contribution in [3.05, 3.63) is 46.2 Å². The molecule has 0 saturated carbocycles. The summed E-state index contributed by atoms with van der Waals surface area (Å²) >= 11 is 11.7. The Labute approximate surface area is 112 Å². The molecule has 0 amide bonds. The summed E-state index contributed by atoms with van der Waals surface area (Å²) in [6, 6.07) is 7.03. The number of anilines is 1. The van der Waals surface area contributed by atoms with Gasteiger partial charge >= 0.3 is 0 Å². The number of pyridine rings is 1. The number of nitrogen functional groups attached to an aromatic ring is 1. The topological polar surface area (TPSA) is 60.2 Å². The molecule has 0 unspecified atom stereocenters. The van der Waals surface area contributed by atoms with Gasteiger partial charge in [0.2, 0.25) is 5.88 Å². The van der Waals surface area contributed by atoms with E-state index in [1.54, 1.807) is 6.07 Å². The van der Waals surface area contributed by atoms with E-state index in [1.165, 1.54) is 24.3 Å². The first-order valence-corrected chi connectivity index (χ1v) is 5.62. The van der Waals surface area contributed by atoms with E-state index in [9.17, 15) is 4.39 Å². The van der Waals surface area contributed by atoms with Gasteiger partial charge in [0, 0.05) is 6.07 Å². The molecular formula is C11H8Cl2FN3O. The Kier molecular flexibility index (Phi) is 3.86. The van der Waals surface area contributed by atoms with E-state index >= 15 is 0 Å². The summed E-state index contributed by atoms with van der Waals surface area (Å²) < 4.78 is 18.3. The zero-order chi connectivity index (χ0) is 13.1. The molecule has 0 radical (unpaired) electrons. The SMILES string of the molecule is NNc1nc(Oc2cccc(F)c2)c(Cl)cc1Cl. The predicted molar refractivity (Wildman–Crippen MR) is 68.5 cm³/mol. The fraction of sp³-hybridized carbons (Fsp3) is 0. The van der Waals surface area contributed by atoms with Crippen LogP contribution in [-0.2, 0) is 0 Å². The molecule has 3 N–H and O–H groups in total. The van der Waals surface area contributed by atoms with Gasteiger partial charge in [-0.15, -0.1) is 0 Å². The number of hydrazine groups is 1. The van der Waals surface area contributed by atoms with Crippen LogP contribution in [0.4, 0.5) is 10.2 Å². The van der Waals surface area contributed by atoms with Crippen molar-refractivity contribution in [3.63, 3.8) is 0 Å². The third-order valence-corrected chi connectivity index (χ3v) is 2.60. The van der Waals surface area contributed by atoms with Crippen molar-refractivity contribution in [2.45, 2.75) is 0 Å². The number of nitrogens with two attached hydrogens (primary N) is 1. The zero-order valence-electron chi connectivity index (χ0n) is 8.95. The van der Waals surface area contributed by atoms with E-state index in [-0.39, 0.29) is 27.5 Å². The molecule has 0 atom stereocenters. The number of nitrogens with zero attached hydrogens (tertiary/aromatic N) is 1. The number of ether oxygens (including phenoxy) is 1. The van der Waals surface area contributed by atoms with E-state index in [2.05, 4.69) is 10.4 Å². The van der Waals surface area contributed by atoms with E-state index in [4.69, 9.17) is 33.8 Å². The van der Waals surface area contributed by atoms with Gasteiger partial charge in [0.1, 0.15) is 16.6 Å². The largest absolute Gasteiger partial charge is 0.437 e. The summed E-state index contributed by atoms with van der Waals surface area (Å²) in [4.78, 5) is 3.97. The van der Waals surface area contributed by atoms with Crippen molar-refractivity contribution in [2.75, 3.05) is 5.43 Å². The summed E-state index contributed by atoms with van der Waals surface area (Å²) in [5, 5.41) is 0.456. The highest BCUT2D eigenvalue weighted by Crippen LogP contribution is 2.33. The molecule has 1 heterocycles. The van der Waals surface area contributed by atoms with Gasteiger partial charge in [0.15, 0.2) is 5.82 Å². The number of aromatic nitrogens is 1. The highest BCUT2D eigenvalue weighted by atomic mass is 35.5. The third kappa shape index (κ3) is 2.81. The normalized spacial score (nSPS) is 10.2. The molecule has 1 aromatic heterocycles. The van der Waals surface area contributed by atoms with E-state index in [0.29, 0.717) is 0 Å². The van der Waals surface area contributed by atoms with Gasteiger partial charge < -0.3 is 10.2 Å². The summed E-state index contributed by atoms with van der Waals surface area (Å²) in [7, 11) is 0. The lowest BCUT2D eigenvalue weighted by atomic mass is 10.3. The van der Waals surface area contributed by atoms with Crippen LogP contribution in [0.3, 0.4) is 0 Å². The Morgan fingerprint density at radius 2 is 2.00 bits per heavy atom. The third-order valence-electron chi connectivity index (χ3n) is 2.04. The van der Waals surface area contributed by atoms with Gasteiger partial charge in [-0.3, -0.25) is 0 Å². The second-order valence-corrected chi connectivity index (χ2v) is 4.12. The van der Waals surface area contributed by atoms with E-state index in [0.717, 1.165) is 0 Å². The zero-order valence-corrected chi connectivity index (χ0v) is 10.5. The van der Waals surface area contributed by atoms with Gasteiger partial charge in [0.05, 0.1) is 5.02 Å². The number of rotatable bonds is 3. The van der Waals surface area contributed by atoms with Crippen LogP contribution in [0.2, 0.25) is 10.0 Å². The summed E-state index contributed by atoms with van der Waals surface area (Å²) in [6.07, 6.45) is 0. The second-order valence-electron chi connectivity index (χ2n) is 3.31. The second kappa shape index (κ2) is 5.39. The predicted octanol–water partition coefficient (Wildman–Crippen LogP) is 3.61. The van der Waals surface area contributed by atoms with Crippen LogP contribution in [0.15, 0.2) is 30.3 Å². The fourth-order valence-electron chi connectivity index (χ4n) is 1.26. The lowest BCUT2D eigenvalue weighted by Gasteiger charge is -2.09. The Morgan fingerprint density at radius 3 is 2.67 bits per heavy atom. The van der Waals surface area contributed by atoms with Crippen LogP contribution < -0.4 is 16.0 Å². The minimum Gasteiger partial charge on any atom is -0.437 e. The number of benzene rings is 1. The summed E-state index contributed by atoms with van der Waals surface area (Å²) in [5.74, 6) is 5.38. The van der Waals surface area contributed by atoms with Crippen molar-refractivity contribution >= 4 is 29.0 Å². The molecule has 0 fully saturated rings. The molecule has 7 heteroatoms. The Morgan fingerprint density at radius 1 is 1.22 bits per heavy atom. The number of nitrogens with one attached hydrogen (secondary N) is 1. The van der Waals surface area contributed by atoms with Gasteiger partial charge in [-0.2, -0.15) is 4.98 Å². The number of hydrogen-bond acceptors (Lipinski definition) is 4. The van der Waals surface area contributed by atoms with Crippen LogP contribution in [0.1, 0.15) is 0 Å². The Bertz CT molecular complexity index is 580. The maximum atomic E-state index is 13.0. The maximum Gasteiger partial charge on any atom is 0.240 e. The van der Waals surface area contributed by atoms with Gasteiger partial charge in [-0.25, -0.2) is 10.2 Å². The highest BCUT2D eigenvalue weighted by Gasteiger charge is 2.11. The molecular weight excluding hydrogens is 280 g/mol. The standard InChI is InChI=1S/C11H8Cl2FN3O/c12-8-5-9(13)11(16-10(8)17-15)18-7-3-1-2-6(14)4-7/h1-5H,15H2,(H,16,17). The van der Waals surface area contributed by atoms with Crippen LogP contribution in [0.25, 0.3) is 0 Å². The number of halogens is 3. The molecule has 0 aliphatic carbocycles. The minimum atomic E-state index is -0.422.